The number of benzene rings is 2. The van der Waals surface area contributed by atoms with Crippen LogP contribution in [0.15, 0.2) is 42.5 Å². The highest BCUT2D eigenvalue weighted by Gasteiger charge is 2.29. The molecule has 2 heterocycles. The summed E-state index contributed by atoms with van der Waals surface area (Å²) in [6.07, 6.45) is 0.626. The number of aryl methyl sites for hydroxylation is 1. The Balaban J connectivity index is 1.46. The van der Waals surface area contributed by atoms with Crippen molar-refractivity contribution in [3.63, 3.8) is 0 Å². The molecule has 0 aromatic heterocycles. The van der Waals surface area contributed by atoms with Gasteiger partial charge in [-0.05, 0) is 55.7 Å². The number of nitrogens with zero attached hydrogens (tertiary/aromatic N) is 3. The van der Waals surface area contributed by atoms with Gasteiger partial charge in [0, 0.05) is 44.0 Å². The smallest absolute Gasteiger partial charge is 0.254 e. The van der Waals surface area contributed by atoms with Gasteiger partial charge in [-0.3, -0.25) is 9.10 Å². The normalized spacial score (nSPS) is 18.9. The van der Waals surface area contributed by atoms with Crippen molar-refractivity contribution in [2.24, 2.45) is 0 Å². The van der Waals surface area contributed by atoms with Gasteiger partial charge in [-0.15, -0.1) is 0 Å². The van der Waals surface area contributed by atoms with Crippen LogP contribution in [0.25, 0.3) is 0 Å². The van der Waals surface area contributed by atoms with Crippen LogP contribution >= 0.6 is 0 Å². The second kappa shape index (κ2) is 7.71. The van der Waals surface area contributed by atoms with Crippen LogP contribution in [-0.4, -0.2) is 57.7 Å². The summed E-state index contributed by atoms with van der Waals surface area (Å²) in [7, 11) is -3.25. The van der Waals surface area contributed by atoms with E-state index in [-0.39, 0.29) is 11.7 Å². The number of piperazine rings is 1. The highest BCUT2D eigenvalue weighted by Crippen LogP contribution is 2.27. The molecule has 2 aromatic carbocycles. The Morgan fingerprint density at radius 3 is 2.34 bits per heavy atom. The number of sulfonamides is 1. The Kier molecular flexibility index (Phi) is 5.25. The van der Waals surface area contributed by atoms with Crippen LogP contribution in [0.2, 0.25) is 0 Å². The zero-order valence-electron chi connectivity index (χ0n) is 17.0. The fourth-order valence-electron chi connectivity index (χ4n) is 4.13. The molecule has 2 aromatic rings. The van der Waals surface area contributed by atoms with E-state index in [4.69, 9.17) is 0 Å². The summed E-state index contributed by atoms with van der Waals surface area (Å²) in [5.41, 5.74) is 4.92. The molecule has 0 aliphatic carbocycles. The Morgan fingerprint density at radius 1 is 0.931 bits per heavy atom. The van der Waals surface area contributed by atoms with Gasteiger partial charge in [-0.25, -0.2) is 8.42 Å². The van der Waals surface area contributed by atoms with Crippen molar-refractivity contribution in [3.8, 4) is 0 Å². The molecular formula is C22H27N3O3S. The fourth-order valence-corrected chi connectivity index (χ4v) is 5.69. The lowest BCUT2D eigenvalue weighted by Gasteiger charge is -2.37. The number of amides is 1. The van der Waals surface area contributed by atoms with E-state index in [0.29, 0.717) is 37.3 Å². The molecule has 2 fully saturated rings. The Bertz CT molecular complexity index is 1030. The average molecular weight is 414 g/mol. The molecule has 0 radical (unpaired) electrons. The predicted octanol–water partition coefficient (Wildman–Crippen LogP) is 2.81. The summed E-state index contributed by atoms with van der Waals surface area (Å²) in [5, 5.41) is 0. The summed E-state index contributed by atoms with van der Waals surface area (Å²) in [4.78, 5) is 17.2. The van der Waals surface area contributed by atoms with Gasteiger partial charge in [0.2, 0.25) is 10.0 Å². The second-order valence-electron chi connectivity index (χ2n) is 7.79. The minimum atomic E-state index is -3.25. The van der Waals surface area contributed by atoms with Crippen molar-refractivity contribution in [1.82, 2.24) is 4.90 Å². The zero-order chi connectivity index (χ0) is 20.6. The summed E-state index contributed by atoms with van der Waals surface area (Å²) in [6, 6.07) is 13.3. The van der Waals surface area contributed by atoms with Gasteiger partial charge in [0.15, 0.2) is 0 Å². The fraction of sp³-hybridized carbons (Fsp3) is 0.409. The van der Waals surface area contributed by atoms with Crippen molar-refractivity contribution in [3.05, 3.63) is 59.2 Å². The quantitative estimate of drug-likeness (QED) is 0.776. The third-order valence-electron chi connectivity index (χ3n) is 5.96. The first-order valence-electron chi connectivity index (χ1n) is 10.1. The van der Waals surface area contributed by atoms with Crippen molar-refractivity contribution < 1.29 is 13.2 Å². The summed E-state index contributed by atoms with van der Waals surface area (Å²) in [6.45, 7) is 7.62. The van der Waals surface area contributed by atoms with E-state index in [1.165, 1.54) is 21.1 Å². The van der Waals surface area contributed by atoms with E-state index < -0.39 is 10.0 Å². The zero-order valence-corrected chi connectivity index (χ0v) is 17.8. The van der Waals surface area contributed by atoms with E-state index in [1.54, 1.807) is 24.3 Å². The predicted molar refractivity (Wildman–Crippen MR) is 116 cm³/mol. The molecule has 0 N–H and O–H groups in total. The lowest BCUT2D eigenvalue weighted by Crippen LogP contribution is -2.49. The van der Waals surface area contributed by atoms with Gasteiger partial charge in [-0.2, -0.15) is 0 Å². The Hall–Kier alpha value is -2.54. The van der Waals surface area contributed by atoms with Gasteiger partial charge in [-0.1, -0.05) is 18.2 Å². The number of rotatable bonds is 3. The summed E-state index contributed by atoms with van der Waals surface area (Å²) < 4.78 is 25.8. The van der Waals surface area contributed by atoms with Gasteiger partial charge >= 0.3 is 0 Å². The van der Waals surface area contributed by atoms with Gasteiger partial charge in [0.1, 0.15) is 0 Å². The molecule has 0 unspecified atom stereocenters. The second-order valence-corrected chi connectivity index (χ2v) is 9.80. The summed E-state index contributed by atoms with van der Waals surface area (Å²) in [5.74, 6) is 0.134. The topological polar surface area (TPSA) is 60.9 Å². The molecule has 2 aliphatic rings. The van der Waals surface area contributed by atoms with Crippen LogP contribution in [0.1, 0.15) is 27.9 Å². The molecule has 29 heavy (non-hydrogen) atoms. The van der Waals surface area contributed by atoms with Crippen LogP contribution in [0.4, 0.5) is 11.4 Å². The lowest BCUT2D eigenvalue weighted by atomic mass is 10.1. The molecule has 0 atom stereocenters. The standard InChI is InChI=1S/C22H27N3O3S/c1-17-6-3-9-21(18(17)2)23-11-13-24(14-12-23)22(26)19-7-4-8-20(16-19)25-10-5-15-29(25,27)28/h3-4,6-9,16H,5,10-15H2,1-2H3. The van der Waals surface area contributed by atoms with Crippen LogP contribution < -0.4 is 9.21 Å². The molecule has 2 aliphatic heterocycles. The molecule has 2 saturated heterocycles. The van der Waals surface area contributed by atoms with Crippen LogP contribution in [-0.2, 0) is 10.0 Å². The van der Waals surface area contributed by atoms with Gasteiger partial charge in [0.05, 0.1) is 11.4 Å². The number of anilines is 2. The van der Waals surface area contributed by atoms with Crippen molar-refractivity contribution in [2.75, 3.05) is 47.7 Å². The average Bonchev–Trinajstić information content (AvgIpc) is 3.09. The monoisotopic (exact) mass is 413 g/mol. The maximum absolute atomic E-state index is 13.0. The molecule has 154 valence electrons. The van der Waals surface area contributed by atoms with Gasteiger partial charge < -0.3 is 9.80 Å². The van der Waals surface area contributed by atoms with Crippen molar-refractivity contribution >= 4 is 27.3 Å². The first-order chi connectivity index (χ1) is 13.9. The van der Waals surface area contributed by atoms with E-state index in [0.717, 1.165) is 13.1 Å². The SMILES string of the molecule is Cc1cccc(N2CCN(C(=O)c3cccc(N4CCCS4(=O)=O)c3)CC2)c1C. The molecule has 0 bridgehead atoms. The number of carbonyl (C=O) groups is 1. The highest BCUT2D eigenvalue weighted by atomic mass is 32.2. The Labute approximate surface area is 172 Å². The molecule has 1 amide bonds. The minimum absolute atomic E-state index is 0.0379. The lowest BCUT2D eigenvalue weighted by molar-refractivity contribution is 0.0747. The van der Waals surface area contributed by atoms with Crippen LogP contribution in [0.5, 0.6) is 0 Å². The van der Waals surface area contributed by atoms with E-state index in [1.807, 2.05) is 4.90 Å². The minimum Gasteiger partial charge on any atom is -0.368 e. The van der Waals surface area contributed by atoms with Crippen molar-refractivity contribution in [2.45, 2.75) is 20.3 Å². The van der Waals surface area contributed by atoms with E-state index in [9.17, 15) is 13.2 Å². The third-order valence-corrected chi connectivity index (χ3v) is 7.83. The molecular weight excluding hydrogens is 386 g/mol. The highest BCUT2D eigenvalue weighted by molar-refractivity contribution is 7.93. The number of hydrogen-bond acceptors (Lipinski definition) is 4. The van der Waals surface area contributed by atoms with Gasteiger partial charge in [0.25, 0.3) is 5.91 Å². The molecule has 6 nitrogen and oxygen atoms in total. The first-order valence-corrected chi connectivity index (χ1v) is 11.7. The number of carbonyl (C=O) groups excluding carboxylic acids is 1. The van der Waals surface area contributed by atoms with Crippen LogP contribution in [0, 0.1) is 13.8 Å². The molecule has 0 spiro atoms. The third kappa shape index (κ3) is 3.83. The van der Waals surface area contributed by atoms with E-state index >= 15 is 0 Å². The molecule has 4 rings (SSSR count). The van der Waals surface area contributed by atoms with Crippen LogP contribution in [0.3, 0.4) is 0 Å². The van der Waals surface area contributed by atoms with E-state index in [2.05, 4.69) is 36.9 Å². The largest absolute Gasteiger partial charge is 0.368 e. The maximum atomic E-state index is 13.0. The summed E-state index contributed by atoms with van der Waals surface area (Å²) >= 11 is 0. The maximum Gasteiger partial charge on any atom is 0.254 e. The first kappa shape index (κ1) is 19.8. The Morgan fingerprint density at radius 2 is 1.66 bits per heavy atom. The van der Waals surface area contributed by atoms with Crippen molar-refractivity contribution in [1.29, 1.82) is 0 Å². The number of hydrogen-bond donors (Lipinski definition) is 0. The molecule has 7 heteroatoms. The molecule has 0 saturated carbocycles.